The zero-order valence-corrected chi connectivity index (χ0v) is 12.1. The Hall–Kier alpha value is -0.910. The van der Waals surface area contributed by atoms with Crippen LogP contribution in [0.5, 0.6) is 0 Å². The van der Waals surface area contributed by atoms with Crippen LogP contribution in [-0.2, 0) is 9.47 Å². The molecule has 2 heterocycles. The third-order valence-corrected chi connectivity index (χ3v) is 4.16. The van der Waals surface area contributed by atoms with Crippen LogP contribution in [0.15, 0.2) is 11.4 Å². The van der Waals surface area contributed by atoms with Crippen molar-refractivity contribution in [3.63, 3.8) is 0 Å². The maximum absolute atomic E-state index is 11.8. The maximum Gasteiger partial charge on any atom is 0.261 e. The van der Waals surface area contributed by atoms with Crippen molar-refractivity contribution >= 4 is 17.2 Å². The summed E-state index contributed by atoms with van der Waals surface area (Å²) in [5.74, 6) is 0.0200. The van der Waals surface area contributed by atoms with Gasteiger partial charge in [0.05, 0.1) is 17.6 Å². The van der Waals surface area contributed by atoms with Gasteiger partial charge in [-0.15, -0.1) is 11.3 Å². The zero-order chi connectivity index (χ0) is 13.5. The first-order valence-electron chi connectivity index (χ1n) is 6.79. The number of nitrogens with one attached hydrogen (secondary N) is 1. The summed E-state index contributed by atoms with van der Waals surface area (Å²) in [6.45, 7) is 4.82. The topological polar surface area (TPSA) is 47.6 Å². The van der Waals surface area contributed by atoms with Crippen LogP contribution >= 0.6 is 11.3 Å². The van der Waals surface area contributed by atoms with Gasteiger partial charge < -0.3 is 14.8 Å². The molecule has 4 nitrogen and oxygen atoms in total. The van der Waals surface area contributed by atoms with Crippen molar-refractivity contribution in [2.24, 2.45) is 0 Å². The first kappa shape index (κ1) is 14.5. The summed E-state index contributed by atoms with van der Waals surface area (Å²) in [4.78, 5) is 12.6. The van der Waals surface area contributed by atoms with Gasteiger partial charge in [0.25, 0.3) is 5.91 Å². The molecule has 2 rings (SSSR count). The van der Waals surface area contributed by atoms with Crippen LogP contribution in [0.25, 0.3) is 0 Å². The maximum atomic E-state index is 11.8. The summed E-state index contributed by atoms with van der Waals surface area (Å²) in [5, 5.41) is 4.85. The largest absolute Gasteiger partial charge is 0.379 e. The molecule has 5 heteroatoms. The van der Waals surface area contributed by atoms with E-state index in [-0.39, 0.29) is 12.0 Å². The van der Waals surface area contributed by atoms with E-state index in [4.69, 9.17) is 9.47 Å². The lowest BCUT2D eigenvalue weighted by atomic mass is 10.2. The van der Waals surface area contributed by atoms with Gasteiger partial charge in [-0.05, 0) is 43.2 Å². The minimum Gasteiger partial charge on any atom is -0.379 e. The number of aryl methyl sites for hydroxylation is 1. The van der Waals surface area contributed by atoms with Crippen molar-refractivity contribution in [1.82, 2.24) is 5.32 Å². The minimum atomic E-state index is 0.0200. The van der Waals surface area contributed by atoms with Crippen LogP contribution in [-0.4, -0.2) is 38.4 Å². The molecule has 0 spiro atoms. The van der Waals surface area contributed by atoms with Crippen molar-refractivity contribution in [2.75, 3.05) is 26.4 Å². The van der Waals surface area contributed by atoms with E-state index in [1.807, 2.05) is 18.4 Å². The molecule has 1 saturated heterocycles. The normalized spacial score (nSPS) is 18.7. The van der Waals surface area contributed by atoms with Crippen molar-refractivity contribution in [3.05, 3.63) is 21.9 Å². The molecule has 0 radical (unpaired) electrons. The standard InChI is InChI=1S/C14H21NO3S/c1-11-5-9-19-13(11)14(16)15-6-3-7-17-10-12-4-2-8-18-12/h5,9,12H,2-4,6-8,10H2,1H3,(H,15,16). The lowest BCUT2D eigenvalue weighted by Gasteiger charge is -2.10. The predicted octanol–water partition coefficient (Wildman–Crippen LogP) is 2.37. The molecule has 1 amide bonds. The molecule has 1 N–H and O–H groups in total. The number of thiophene rings is 1. The highest BCUT2D eigenvalue weighted by Crippen LogP contribution is 2.15. The van der Waals surface area contributed by atoms with Gasteiger partial charge >= 0.3 is 0 Å². The average Bonchev–Trinajstić information content (AvgIpc) is 3.04. The fourth-order valence-electron chi connectivity index (χ4n) is 2.05. The molecule has 0 aromatic carbocycles. The summed E-state index contributed by atoms with van der Waals surface area (Å²) >= 11 is 1.48. The number of carbonyl (C=O) groups is 1. The van der Waals surface area contributed by atoms with Crippen LogP contribution in [0.3, 0.4) is 0 Å². The fourth-order valence-corrected chi connectivity index (χ4v) is 2.89. The van der Waals surface area contributed by atoms with Gasteiger partial charge in [-0.25, -0.2) is 0 Å². The molecule has 0 saturated carbocycles. The minimum absolute atomic E-state index is 0.0200. The second-order valence-electron chi connectivity index (χ2n) is 4.75. The van der Waals surface area contributed by atoms with Crippen molar-refractivity contribution in [2.45, 2.75) is 32.3 Å². The highest BCUT2D eigenvalue weighted by Gasteiger charge is 2.15. The Morgan fingerprint density at radius 2 is 2.53 bits per heavy atom. The highest BCUT2D eigenvalue weighted by molar-refractivity contribution is 7.12. The third-order valence-electron chi connectivity index (χ3n) is 3.15. The third kappa shape index (κ3) is 4.60. The molecule has 106 valence electrons. The molecule has 1 unspecified atom stereocenters. The smallest absolute Gasteiger partial charge is 0.261 e. The highest BCUT2D eigenvalue weighted by atomic mass is 32.1. The molecular weight excluding hydrogens is 262 g/mol. The van der Waals surface area contributed by atoms with Gasteiger partial charge in [-0.3, -0.25) is 4.79 Å². The van der Waals surface area contributed by atoms with Gasteiger partial charge in [0.15, 0.2) is 0 Å². The van der Waals surface area contributed by atoms with Crippen LogP contribution in [0, 0.1) is 6.92 Å². The van der Waals surface area contributed by atoms with Crippen LogP contribution in [0.1, 0.15) is 34.5 Å². The first-order chi connectivity index (χ1) is 9.27. The molecule has 0 bridgehead atoms. The summed E-state index contributed by atoms with van der Waals surface area (Å²) in [6, 6.07) is 1.96. The van der Waals surface area contributed by atoms with Gasteiger partial charge in [0.1, 0.15) is 0 Å². The summed E-state index contributed by atoms with van der Waals surface area (Å²) in [5.41, 5.74) is 1.04. The first-order valence-corrected chi connectivity index (χ1v) is 7.67. The lowest BCUT2D eigenvalue weighted by molar-refractivity contribution is 0.0166. The molecule has 19 heavy (non-hydrogen) atoms. The van der Waals surface area contributed by atoms with Gasteiger partial charge in [0, 0.05) is 19.8 Å². The summed E-state index contributed by atoms with van der Waals surface area (Å²) in [7, 11) is 0. The van der Waals surface area contributed by atoms with Crippen LogP contribution < -0.4 is 5.32 Å². The Labute approximate surface area is 118 Å². The number of amides is 1. The molecule has 1 fully saturated rings. The van der Waals surface area contributed by atoms with E-state index in [2.05, 4.69) is 5.32 Å². The summed E-state index contributed by atoms with van der Waals surface area (Å²) in [6.07, 6.45) is 3.37. The molecule has 1 atom stereocenters. The average molecular weight is 283 g/mol. The number of hydrogen-bond donors (Lipinski definition) is 1. The zero-order valence-electron chi connectivity index (χ0n) is 11.3. The quantitative estimate of drug-likeness (QED) is 0.782. The Morgan fingerprint density at radius 1 is 1.63 bits per heavy atom. The predicted molar refractivity (Wildman–Crippen MR) is 75.8 cm³/mol. The van der Waals surface area contributed by atoms with E-state index >= 15 is 0 Å². The van der Waals surface area contributed by atoms with E-state index < -0.39 is 0 Å². The fraction of sp³-hybridized carbons (Fsp3) is 0.643. The number of rotatable bonds is 7. The van der Waals surface area contributed by atoms with E-state index in [0.717, 1.165) is 36.3 Å². The summed E-state index contributed by atoms with van der Waals surface area (Å²) < 4.78 is 11.0. The Morgan fingerprint density at radius 3 is 3.21 bits per heavy atom. The molecular formula is C14H21NO3S. The Balaban J connectivity index is 1.52. The van der Waals surface area contributed by atoms with Crippen molar-refractivity contribution < 1.29 is 14.3 Å². The van der Waals surface area contributed by atoms with Crippen LogP contribution in [0.4, 0.5) is 0 Å². The van der Waals surface area contributed by atoms with E-state index in [1.165, 1.54) is 11.3 Å². The SMILES string of the molecule is Cc1ccsc1C(=O)NCCCOCC1CCCO1. The molecule has 1 aromatic heterocycles. The lowest BCUT2D eigenvalue weighted by Crippen LogP contribution is -2.25. The van der Waals surface area contributed by atoms with Crippen molar-refractivity contribution in [1.29, 1.82) is 0 Å². The Bertz CT molecular complexity index is 399. The monoisotopic (exact) mass is 283 g/mol. The second-order valence-corrected chi connectivity index (χ2v) is 5.67. The van der Waals surface area contributed by atoms with E-state index in [0.29, 0.717) is 19.8 Å². The molecule has 1 aromatic rings. The van der Waals surface area contributed by atoms with E-state index in [9.17, 15) is 4.79 Å². The van der Waals surface area contributed by atoms with Gasteiger partial charge in [-0.2, -0.15) is 0 Å². The van der Waals surface area contributed by atoms with Gasteiger partial charge in [-0.1, -0.05) is 0 Å². The van der Waals surface area contributed by atoms with Gasteiger partial charge in [0.2, 0.25) is 0 Å². The number of ether oxygens (including phenoxy) is 2. The molecule has 1 aliphatic heterocycles. The van der Waals surface area contributed by atoms with E-state index in [1.54, 1.807) is 0 Å². The van der Waals surface area contributed by atoms with Crippen LogP contribution in [0.2, 0.25) is 0 Å². The second kappa shape index (κ2) is 7.62. The molecule has 0 aliphatic carbocycles. The number of carbonyl (C=O) groups excluding carboxylic acids is 1. The van der Waals surface area contributed by atoms with Crippen molar-refractivity contribution in [3.8, 4) is 0 Å². The Kier molecular flexibility index (Phi) is 5.82. The molecule has 1 aliphatic rings. The number of hydrogen-bond acceptors (Lipinski definition) is 4.